The van der Waals surface area contributed by atoms with Crippen LogP contribution in [0.25, 0.3) is 22.4 Å². The SMILES string of the molecule is Cc1cc(N2CCN(C3CCC3)CC2)cc2[nH]c(-c3c(NCC(O)c4cccc(Cl)c4)cc[nH]c3=O)nc12. The molecular formula is C29H33ClN6O2. The average molecular weight is 533 g/mol. The first-order chi connectivity index (χ1) is 18.5. The summed E-state index contributed by atoms with van der Waals surface area (Å²) < 4.78 is 0. The van der Waals surface area contributed by atoms with Crippen molar-refractivity contribution >= 4 is 34.0 Å². The number of aromatic nitrogens is 3. The maximum absolute atomic E-state index is 12.9. The van der Waals surface area contributed by atoms with Crippen LogP contribution in [0.4, 0.5) is 11.4 Å². The zero-order chi connectivity index (χ0) is 26.2. The molecule has 198 valence electrons. The molecule has 1 unspecified atom stereocenters. The molecule has 6 rings (SSSR count). The van der Waals surface area contributed by atoms with Gasteiger partial charge in [0, 0.05) is 55.7 Å². The number of aliphatic hydroxyl groups is 1. The van der Waals surface area contributed by atoms with Crippen LogP contribution in [0.3, 0.4) is 0 Å². The molecule has 2 fully saturated rings. The number of hydrogen-bond acceptors (Lipinski definition) is 6. The Hall–Kier alpha value is -3.33. The highest BCUT2D eigenvalue weighted by Crippen LogP contribution is 2.31. The normalized spacial score (nSPS) is 17.5. The van der Waals surface area contributed by atoms with E-state index in [1.54, 1.807) is 30.5 Å². The van der Waals surface area contributed by atoms with E-state index in [1.165, 1.54) is 24.9 Å². The molecule has 0 radical (unpaired) electrons. The molecule has 0 bridgehead atoms. The van der Waals surface area contributed by atoms with Crippen LogP contribution in [-0.4, -0.2) is 63.7 Å². The minimum Gasteiger partial charge on any atom is -0.387 e. The Morgan fingerprint density at radius 3 is 2.71 bits per heavy atom. The van der Waals surface area contributed by atoms with Gasteiger partial charge < -0.3 is 25.3 Å². The molecule has 2 aromatic heterocycles. The number of imidazole rings is 1. The number of anilines is 2. The maximum Gasteiger partial charge on any atom is 0.261 e. The summed E-state index contributed by atoms with van der Waals surface area (Å²) in [5.74, 6) is 0.497. The molecule has 0 spiro atoms. The molecule has 1 saturated carbocycles. The number of benzene rings is 2. The lowest BCUT2D eigenvalue weighted by Gasteiger charge is -2.43. The van der Waals surface area contributed by atoms with Gasteiger partial charge in [-0.1, -0.05) is 30.2 Å². The lowest BCUT2D eigenvalue weighted by atomic mass is 9.91. The first-order valence-electron chi connectivity index (χ1n) is 13.3. The summed E-state index contributed by atoms with van der Waals surface area (Å²) >= 11 is 6.08. The quantitative estimate of drug-likeness (QED) is 0.275. The van der Waals surface area contributed by atoms with Gasteiger partial charge >= 0.3 is 0 Å². The number of halogens is 1. The van der Waals surface area contributed by atoms with Crippen LogP contribution in [0.2, 0.25) is 5.02 Å². The van der Waals surface area contributed by atoms with Gasteiger partial charge in [0.1, 0.15) is 11.4 Å². The van der Waals surface area contributed by atoms with Gasteiger partial charge in [-0.25, -0.2) is 4.98 Å². The fourth-order valence-electron chi connectivity index (χ4n) is 5.57. The van der Waals surface area contributed by atoms with E-state index in [1.807, 2.05) is 6.07 Å². The molecule has 1 saturated heterocycles. The zero-order valence-corrected chi connectivity index (χ0v) is 22.3. The minimum absolute atomic E-state index is 0.215. The number of rotatable bonds is 7. The Morgan fingerprint density at radius 1 is 1.16 bits per heavy atom. The molecule has 2 aliphatic rings. The van der Waals surface area contributed by atoms with Gasteiger partial charge in [-0.3, -0.25) is 9.69 Å². The second-order valence-electron chi connectivity index (χ2n) is 10.4. The van der Waals surface area contributed by atoms with Crippen molar-refractivity contribution in [2.45, 2.75) is 38.3 Å². The van der Waals surface area contributed by atoms with E-state index in [-0.39, 0.29) is 12.1 Å². The number of fused-ring (bicyclic) bond motifs is 1. The summed E-state index contributed by atoms with van der Waals surface area (Å²) in [5.41, 5.74) is 5.47. The van der Waals surface area contributed by atoms with Crippen molar-refractivity contribution in [3.05, 3.63) is 75.2 Å². The van der Waals surface area contributed by atoms with E-state index >= 15 is 0 Å². The third-order valence-corrected chi connectivity index (χ3v) is 8.18. The molecule has 8 nitrogen and oxygen atoms in total. The first kappa shape index (κ1) is 25.0. The predicted octanol–water partition coefficient (Wildman–Crippen LogP) is 4.70. The van der Waals surface area contributed by atoms with Crippen molar-refractivity contribution in [2.24, 2.45) is 0 Å². The highest BCUT2D eigenvalue weighted by Gasteiger charge is 2.28. The summed E-state index contributed by atoms with van der Waals surface area (Å²) in [7, 11) is 0. The van der Waals surface area contributed by atoms with Crippen molar-refractivity contribution in [3.8, 4) is 11.4 Å². The number of nitrogens with zero attached hydrogens (tertiary/aromatic N) is 3. The molecule has 4 aromatic rings. The third-order valence-electron chi connectivity index (χ3n) is 7.95. The van der Waals surface area contributed by atoms with Crippen molar-refractivity contribution in [2.75, 3.05) is 42.9 Å². The monoisotopic (exact) mass is 532 g/mol. The summed E-state index contributed by atoms with van der Waals surface area (Å²) in [6.07, 6.45) is 4.86. The molecule has 1 atom stereocenters. The largest absolute Gasteiger partial charge is 0.387 e. The number of aromatic amines is 2. The fourth-order valence-corrected chi connectivity index (χ4v) is 5.77. The summed E-state index contributed by atoms with van der Waals surface area (Å²) in [4.78, 5) is 29.0. The van der Waals surface area contributed by atoms with Gasteiger partial charge in [-0.15, -0.1) is 0 Å². The molecule has 2 aromatic carbocycles. The third kappa shape index (κ3) is 4.91. The van der Waals surface area contributed by atoms with Crippen LogP contribution in [0.15, 0.2) is 53.5 Å². The van der Waals surface area contributed by atoms with Crippen LogP contribution in [0.5, 0.6) is 0 Å². The van der Waals surface area contributed by atoms with Crippen molar-refractivity contribution in [1.29, 1.82) is 0 Å². The van der Waals surface area contributed by atoms with E-state index < -0.39 is 6.10 Å². The van der Waals surface area contributed by atoms with E-state index in [2.05, 4.69) is 44.1 Å². The van der Waals surface area contributed by atoms with Gasteiger partial charge in [-0.2, -0.15) is 0 Å². The molecule has 38 heavy (non-hydrogen) atoms. The lowest BCUT2D eigenvalue weighted by molar-refractivity contribution is 0.120. The minimum atomic E-state index is -0.786. The topological polar surface area (TPSA) is 100 Å². The van der Waals surface area contributed by atoms with Crippen LogP contribution in [0.1, 0.15) is 36.5 Å². The van der Waals surface area contributed by atoms with Crippen LogP contribution >= 0.6 is 11.6 Å². The second kappa shape index (κ2) is 10.4. The molecule has 9 heteroatoms. The molecule has 4 N–H and O–H groups in total. The molecule has 3 heterocycles. The number of piperazine rings is 1. The number of aryl methyl sites for hydroxylation is 1. The second-order valence-corrected chi connectivity index (χ2v) is 10.8. The number of aliphatic hydroxyl groups excluding tert-OH is 1. The van der Waals surface area contributed by atoms with Crippen molar-refractivity contribution in [1.82, 2.24) is 19.9 Å². The first-order valence-corrected chi connectivity index (χ1v) is 13.7. The van der Waals surface area contributed by atoms with Gasteiger partial charge in [0.15, 0.2) is 0 Å². The van der Waals surface area contributed by atoms with E-state index in [0.29, 0.717) is 27.7 Å². The average Bonchev–Trinajstić information content (AvgIpc) is 3.31. The summed E-state index contributed by atoms with van der Waals surface area (Å²) in [6.45, 7) is 6.52. The smallest absolute Gasteiger partial charge is 0.261 e. The Balaban J connectivity index is 1.24. The Bertz CT molecular complexity index is 1500. The molecule has 1 aliphatic carbocycles. The van der Waals surface area contributed by atoms with Crippen molar-refractivity contribution in [3.63, 3.8) is 0 Å². The van der Waals surface area contributed by atoms with Crippen molar-refractivity contribution < 1.29 is 5.11 Å². The van der Waals surface area contributed by atoms with E-state index in [0.717, 1.165) is 48.8 Å². The standard InChI is InChI=1S/C29H33ClN6O2/c1-18-14-22(36-12-10-35(11-13-36)21-6-3-7-21)16-24-27(18)34-28(33-24)26-23(8-9-31-29(26)38)32-17-25(37)19-4-2-5-20(30)15-19/h2,4-5,8-9,14-16,21,25,37H,3,6-7,10-13,17H2,1H3,(H,33,34)(H2,31,32,38). The van der Waals surface area contributed by atoms with Crippen LogP contribution in [0, 0.1) is 6.92 Å². The number of H-pyrrole nitrogens is 2. The van der Waals surface area contributed by atoms with Crippen LogP contribution < -0.4 is 15.8 Å². The predicted molar refractivity (Wildman–Crippen MR) is 153 cm³/mol. The number of nitrogens with one attached hydrogen (secondary N) is 3. The van der Waals surface area contributed by atoms with Gasteiger partial charge in [0.25, 0.3) is 5.56 Å². The summed E-state index contributed by atoms with van der Waals surface area (Å²) in [6, 6.07) is 14.0. The molecular weight excluding hydrogens is 500 g/mol. The Morgan fingerprint density at radius 2 is 1.97 bits per heavy atom. The summed E-state index contributed by atoms with van der Waals surface area (Å²) in [5, 5.41) is 14.5. The van der Waals surface area contributed by atoms with E-state index in [9.17, 15) is 9.90 Å². The van der Waals surface area contributed by atoms with E-state index in [4.69, 9.17) is 16.6 Å². The highest BCUT2D eigenvalue weighted by atomic mass is 35.5. The molecule has 0 amide bonds. The van der Waals surface area contributed by atoms with Gasteiger partial charge in [-0.05, 0) is 61.2 Å². The Kier molecular flexibility index (Phi) is 6.86. The number of pyridine rings is 1. The van der Waals surface area contributed by atoms with Gasteiger partial charge in [0.05, 0.1) is 22.8 Å². The maximum atomic E-state index is 12.9. The lowest BCUT2D eigenvalue weighted by Crippen LogP contribution is -2.52. The number of hydrogen-bond donors (Lipinski definition) is 4. The highest BCUT2D eigenvalue weighted by molar-refractivity contribution is 6.30. The fraction of sp³-hybridized carbons (Fsp3) is 0.379. The zero-order valence-electron chi connectivity index (χ0n) is 21.5. The Labute approximate surface area is 226 Å². The van der Waals surface area contributed by atoms with Crippen LogP contribution in [-0.2, 0) is 0 Å². The molecule has 1 aliphatic heterocycles. The van der Waals surface area contributed by atoms with Gasteiger partial charge in [0.2, 0.25) is 0 Å².